The first kappa shape index (κ1) is 23.0. The van der Waals surface area contributed by atoms with Crippen LogP contribution in [0.3, 0.4) is 0 Å². The Morgan fingerprint density at radius 3 is 2.65 bits per heavy atom. The van der Waals surface area contributed by atoms with Crippen LogP contribution in [0.15, 0.2) is 17.1 Å². The Labute approximate surface area is 182 Å². The van der Waals surface area contributed by atoms with Gasteiger partial charge in [-0.1, -0.05) is 25.8 Å². The van der Waals surface area contributed by atoms with Gasteiger partial charge in [0.25, 0.3) is 0 Å². The molecule has 9 nitrogen and oxygen atoms in total. The molecule has 2 unspecified atom stereocenters. The molecule has 31 heavy (non-hydrogen) atoms. The molecule has 0 aromatic heterocycles. The number of esters is 2. The summed E-state index contributed by atoms with van der Waals surface area (Å²) in [4.78, 5) is 28.9. The molecule has 0 radical (unpaired) electrons. The van der Waals surface area contributed by atoms with E-state index in [9.17, 15) is 9.59 Å². The zero-order chi connectivity index (χ0) is 22.6. The molecule has 9 heteroatoms. The lowest BCUT2D eigenvalue weighted by atomic mass is 10.1. The zero-order valence-electron chi connectivity index (χ0n) is 18.6. The lowest BCUT2D eigenvalue weighted by molar-refractivity contribution is -0.174. The fourth-order valence-electron chi connectivity index (χ4n) is 3.52. The van der Waals surface area contributed by atoms with E-state index in [0.29, 0.717) is 24.0 Å². The summed E-state index contributed by atoms with van der Waals surface area (Å²) in [6.07, 6.45) is 3.03. The molecule has 170 valence electrons. The maximum Gasteiger partial charge on any atom is 0.311 e. The number of carbonyl (C=O) groups excluding carboxylic acids is 2. The number of hydrogen-bond acceptors (Lipinski definition) is 9. The first-order valence-electron chi connectivity index (χ1n) is 10.8. The Bertz CT molecular complexity index is 870. The molecule has 4 rings (SSSR count). The molecule has 3 aliphatic heterocycles. The van der Waals surface area contributed by atoms with E-state index in [2.05, 4.69) is 36.4 Å². The summed E-state index contributed by atoms with van der Waals surface area (Å²) in [6.45, 7) is 8.34. The number of benzene rings is 1. The second-order valence-electron chi connectivity index (χ2n) is 8.29. The third-order valence-corrected chi connectivity index (χ3v) is 5.16. The molecule has 0 aliphatic carbocycles. The third-order valence-electron chi connectivity index (χ3n) is 5.16. The van der Waals surface area contributed by atoms with Crippen molar-refractivity contribution in [2.45, 2.75) is 84.3 Å². The Hall–Kier alpha value is -2.65. The number of fused-ring (bicyclic) bond motifs is 5. The molecule has 0 fully saturated rings. The molecule has 0 saturated carbocycles. The van der Waals surface area contributed by atoms with Crippen LogP contribution in [0, 0.1) is 0 Å². The minimum Gasteiger partial charge on any atom is -0.443 e. The molecule has 2 atom stereocenters. The number of unbranched alkanes of at least 4 members (excludes halogenated alkanes) is 1. The van der Waals surface area contributed by atoms with Crippen molar-refractivity contribution in [3.05, 3.63) is 17.7 Å². The van der Waals surface area contributed by atoms with Crippen molar-refractivity contribution in [2.24, 2.45) is 10.7 Å². The van der Waals surface area contributed by atoms with Gasteiger partial charge in [-0.15, -0.1) is 0 Å². The van der Waals surface area contributed by atoms with E-state index in [1.807, 2.05) is 6.07 Å². The summed E-state index contributed by atoms with van der Waals surface area (Å²) in [6, 6.07) is 3.86. The van der Waals surface area contributed by atoms with Crippen molar-refractivity contribution in [1.82, 2.24) is 10.6 Å². The van der Waals surface area contributed by atoms with Crippen molar-refractivity contribution in [3.63, 3.8) is 0 Å². The van der Waals surface area contributed by atoms with Gasteiger partial charge in [-0.2, -0.15) is 0 Å². The Kier molecular flexibility index (Phi) is 7.17. The summed E-state index contributed by atoms with van der Waals surface area (Å²) < 4.78 is 16.9. The third kappa shape index (κ3) is 5.54. The van der Waals surface area contributed by atoms with Crippen LogP contribution in [0.25, 0.3) is 0 Å². The molecule has 3 aliphatic rings. The van der Waals surface area contributed by atoms with Crippen molar-refractivity contribution < 1.29 is 23.8 Å². The summed E-state index contributed by atoms with van der Waals surface area (Å²) in [5.74, 6) is -2.08. The van der Waals surface area contributed by atoms with Gasteiger partial charge in [0.15, 0.2) is 23.0 Å². The van der Waals surface area contributed by atoms with Crippen molar-refractivity contribution in [1.29, 1.82) is 0 Å². The molecular weight excluding hydrogens is 400 g/mol. The molecule has 3 heterocycles. The van der Waals surface area contributed by atoms with Gasteiger partial charge in [0.1, 0.15) is 0 Å². The Morgan fingerprint density at radius 1 is 1.19 bits per heavy atom. The first-order valence-corrected chi connectivity index (χ1v) is 10.8. The van der Waals surface area contributed by atoms with E-state index in [1.54, 1.807) is 6.07 Å². The molecule has 0 saturated heterocycles. The average molecular weight is 433 g/mol. The van der Waals surface area contributed by atoms with E-state index < -0.39 is 17.7 Å². The maximum absolute atomic E-state index is 12.4. The van der Waals surface area contributed by atoms with Gasteiger partial charge in [-0.05, 0) is 26.3 Å². The van der Waals surface area contributed by atoms with Crippen LogP contribution in [0.1, 0.15) is 65.4 Å². The van der Waals surface area contributed by atoms with E-state index in [-0.39, 0.29) is 30.6 Å². The largest absolute Gasteiger partial charge is 0.443 e. The van der Waals surface area contributed by atoms with Crippen molar-refractivity contribution in [2.75, 3.05) is 0 Å². The van der Waals surface area contributed by atoms with Crippen molar-refractivity contribution >= 4 is 23.5 Å². The smallest absolute Gasteiger partial charge is 0.311 e. The van der Waals surface area contributed by atoms with Gasteiger partial charge in [0.2, 0.25) is 0 Å². The number of rotatable bonds is 8. The molecule has 1 aromatic rings. The van der Waals surface area contributed by atoms with Gasteiger partial charge in [-0.3, -0.25) is 20.2 Å². The van der Waals surface area contributed by atoms with Crippen LogP contribution in [0.4, 0.5) is 5.69 Å². The molecule has 4 N–H and O–H groups in total. The first-order chi connectivity index (χ1) is 14.7. The topological polar surface area (TPSA) is 124 Å². The Morgan fingerprint density at radius 2 is 1.94 bits per heavy atom. The van der Waals surface area contributed by atoms with Crippen LogP contribution < -0.4 is 25.8 Å². The number of carbonyl (C=O) groups is 2. The van der Waals surface area contributed by atoms with Gasteiger partial charge in [0, 0.05) is 25.1 Å². The van der Waals surface area contributed by atoms with Crippen LogP contribution in [-0.2, 0) is 20.9 Å². The second kappa shape index (κ2) is 9.65. The predicted octanol–water partition coefficient (Wildman–Crippen LogP) is 2.63. The second-order valence-corrected chi connectivity index (χ2v) is 8.29. The number of ether oxygens (including phenoxy) is 3. The molecule has 4 bridgehead atoms. The monoisotopic (exact) mass is 432 g/mol. The number of nitrogens with zero attached hydrogens (tertiary/aromatic N) is 1. The fraction of sp³-hybridized carbons (Fsp3) is 0.591. The van der Waals surface area contributed by atoms with Crippen LogP contribution in [0.5, 0.6) is 11.5 Å². The lowest BCUT2D eigenvalue weighted by Gasteiger charge is -2.33. The van der Waals surface area contributed by atoms with E-state index in [4.69, 9.17) is 19.9 Å². The van der Waals surface area contributed by atoms with E-state index in [0.717, 1.165) is 24.8 Å². The molecular formula is C22H32N4O5. The standard InChI is InChI=1S/C22H32N4O5/c1-5-6-7-16(25-13(2)3)24-12-14-8-9-15-19-20(14)29-17(27)10-11-18(28)31-22(4,30-15)21(23)26-19/h8-9,13,16,24-25H,5-7,10-12H2,1-4H3,(H2,23,26). The lowest BCUT2D eigenvalue weighted by Crippen LogP contribution is -2.51. The fourth-order valence-corrected chi connectivity index (χ4v) is 3.52. The average Bonchev–Trinajstić information content (AvgIpc) is 2.72. The Balaban J connectivity index is 1.92. The number of aliphatic imine (C=N–C) groups is 1. The van der Waals surface area contributed by atoms with Crippen LogP contribution in [0.2, 0.25) is 0 Å². The van der Waals surface area contributed by atoms with Crippen molar-refractivity contribution in [3.8, 4) is 11.5 Å². The highest BCUT2D eigenvalue weighted by molar-refractivity contribution is 5.96. The van der Waals surface area contributed by atoms with Crippen LogP contribution >= 0.6 is 0 Å². The van der Waals surface area contributed by atoms with Crippen LogP contribution in [-0.4, -0.2) is 35.8 Å². The predicted molar refractivity (Wildman–Crippen MR) is 116 cm³/mol. The van der Waals surface area contributed by atoms with Gasteiger partial charge >= 0.3 is 17.7 Å². The zero-order valence-corrected chi connectivity index (χ0v) is 18.6. The number of nitrogens with one attached hydrogen (secondary N) is 2. The summed E-state index contributed by atoms with van der Waals surface area (Å²) in [5, 5.41) is 7.01. The minimum atomic E-state index is -1.53. The van der Waals surface area contributed by atoms with Gasteiger partial charge in [0.05, 0.1) is 19.0 Å². The van der Waals surface area contributed by atoms with E-state index >= 15 is 0 Å². The summed E-state index contributed by atoms with van der Waals surface area (Å²) in [7, 11) is 0. The molecule has 0 spiro atoms. The normalized spacial score (nSPS) is 21.6. The maximum atomic E-state index is 12.4. The molecule has 1 aromatic carbocycles. The SMILES string of the molecule is CCCCC(NCc1ccc2c3c1OC(=O)CCC(=O)OC(C)(O2)C(N)=N3)NC(C)C. The van der Waals surface area contributed by atoms with E-state index in [1.165, 1.54) is 6.92 Å². The number of nitrogens with two attached hydrogens (primary N) is 1. The highest BCUT2D eigenvalue weighted by atomic mass is 16.7. The van der Waals surface area contributed by atoms with Gasteiger partial charge < -0.3 is 19.9 Å². The number of amidine groups is 1. The highest BCUT2D eigenvalue weighted by Gasteiger charge is 2.41. The molecule has 0 amide bonds. The summed E-state index contributed by atoms with van der Waals surface area (Å²) >= 11 is 0. The minimum absolute atomic E-state index is 0.0139. The van der Waals surface area contributed by atoms with Gasteiger partial charge in [-0.25, -0.2) is 4.99 Å². The number of hydrogen-bond donors (Lipinski definition) is 3. The quantitative estimate of drug-likeness (QED) is 0.325. The summed E-state index contributed by atoms with van der Waals surface area (Å²) in [5.41, 5.74) is 7.14. The highest BCUT2D eigenvalue weighted by Crippen LogP contribution is 2.45.